The summed E-state index contributed by atoms with van der Waals surface area (Å²) in [6, 6.07) is 3.99. The normalized spacial score (nSPS) is 15.4. The molecule has 1 atom stereocenters. The van der Waals surface area contributed by atoms with Crippen molar-refractivity contribution in [2.24, 2.45) is 0 Å². The zero-order valence-corrected chi connectivity index (χ0v) is 14.4. The van der Waals surface area contributed by atoms with Gasteiger partial charge in [0.15, 0.2) is 5.82 Å². The molecule has 0 aliphatic carbocycles. The summed E-state index contributed by atoms with van der Waals surface area (Å²) in [4.78, 5) is 41.9. The van der Waals surface area contributed by atoms with Crippen molar-refractivity contribution in [1.82, 2.24) is 29.1 Å². The molecular weight excluding hydrogens is 346 g/mol. The SMILES string of the molecule is Cc1nc(NC(=O)N2CCN(S(C)=O)C2=O)nc(-c2ccccn2)n1. The van der Waals surface area contributed by atoms with Crippen LogP contribution in [0.4, 0.5) is 15.5 Å². The van der Waals surface area contributed by atoms with Crippen molar-refractivity contribution in [2.75, 3.05) is 24.7 Å². The summed E-state index contributed by atoms with van der Waals surface area (Å²) in [5.74, 6) is 0.726. The highest BCUT2D eigenvalue weighted by Gasteiger charge is 2.35. The number of amides is 4. The quantitative estimate of drug-likeness (QED) is 0.858. The molecule has 25 heavy (non-hydrogen) atoms. The minimum Gasteiger partial charge on any atom is -0.275 e. The van der Waals surface area contributed by atoms with Crippen LogP contribution in [-0.4, -0.2) is 64.8 Å². The standard InChI is InChI=1S/C14H15N7O3S/c1-9-16-11(10-5-3-4-6-15-10)18-12(17-9)19-13(22)20-7-8-21(14(20)23)25(2)24/h3-6H,7-8H2,1-2H3,(H,16,17,18,19,22). The molecule has 1 N–H and O–H groups in total. The van der Waals surface area contributed by atoms with Gasteiger partial charge in [-0.1, -0.05) is 6.07 Å². The molecule has 2 aromatic heterocycles. The lowest BCUT2D eigenvalue weighted by Gasteiger charge is -2.15. The molecule has 0 radical (unpaired) electrons. The van der Waals surface area contributed by atoms with E-state index in [4.69, 9.17) is 0 Å². The number of urea groups is 2. The van der Waals surface area contributed by atoms with Crippen LogP contribution in [0.2, 0.25) is 0 Å². The van der Waals surface area contributed by atoms with Crippen molar-refractivity contribution in [3.63, 3.8) is 0 Å². The molecule has 1 aliphatic rings. The highest BCUT2D eigenvalue weighted by atomic mass is 32.2. The van der Waals surface area contributed by atoms with E-state index in [9.17, 15) is 13.8 Å². The lowest BCUT2D eigenvalue weighted by Crippen LogP contribution is -2.39. The van der Waals surface area contributed by atoms with E-state index in [0.29, 0.717) is 17.3 Å². The average Bonchev–Trinajstić information content (AvgIpc) is 2.97. The maximum atomic E-state index is 12.3. The first-order valence-electron chi connectivity index (χ1n) is 7.33. The van der Waals surface area contributed by atoms with E-state index in [1.54, 1.807) is 31.3 Å². The van der Waals surface area contributed by atoms with E-state index in [1.165, 1.54) is 6.26 Å². The summed E-state index contributed by atoms with van der Waals surface area (Å²) in [5.41, 5.74) is 0.535. The molecule has 1 fully saturated rings. The first-order chi connectivity index (χ1) is 12.0. The number of aromatic nitrogens is 4. The smallest absolute Gasteiger partial charge is 0.275 e. The van der Waals surface area contributed by atoms with Crippen molar-refractivity contribution in [3.8, 4) is 11.5 Å². The molecule has 0 bridgehead atoms. The molecule has 10 nitrogen and oxygen atoms in total. The second-order valence-electron chi connectivity index (χ2n) is 5.14. The zero-order chi connectivity index (χ0) is 18.0. The lowest BCUT2D eigenvalue weighted by molar-refractivity contribution is 0.201. The van der Waals surface area contributed by atoms with Crippen molar-refractivity contribution in [1.29, 1.82) is 0 Å². The number of nitrogens with zero attached hydrogens (tertiary/aromatic N) is 6. The predicted molar refractivity (Wildman–Crippen MR) is 89.7 cm³/mol. The van der Waals surface area contributed by atoms with Gasteiger partial charge < -0.3 is 0 Å². The number of pyridine rings is 1. The number of nitrogens with one attached hydrogen (secondary N) is 1. The number of rotatable bonds is 3. The van der Waals surface area contributed by atoms with Crippen LogP contribution in [0.15, 0.2) is 24.4 Å². The molecular formula is C14H15N7O3S. The summed E-state index contributed by atoms with van der Waals surface area (Å²) in [7, 11) is -1.47. The molecule has 3 rings (SSSR count). The van der Waals surface area contributed by atoms with Gasteiger partial charge in [0.2, 0.25) is 5.95 Å². The first kappa shape index (κ1) is 16.9. The molecule has 3 heterocycles. The van der Waals surface area contributed by atoms with Gasteiger partial charge in [0.1, 0.15) is 22.5 Å². The second-order valence-corrected chi connectivity index (χ2v) is 6.42. The van der Waals surface area contributed by atoms with Gasteiger partial charge in [-0.2, -0.15) is 9.97 Å². The third-order valence-corrected chi connectivity index (χ3v) is 4.35. The van der Waals surface area contributed by atoms with Gasteiger partial charge in [-0.05, 0) is 19.1 Å². The predicted octanol–water partition coefficient (Wildman–Crippen LogP) is 0.805. The second kappa shape index (κ2) is 6.89. The fourth-order valence-electron chi connectivity index (χ4n) is 2.25. The Morgan fingerprint density at radius 3 is 2.68 bits per heavy atom. The van der Waals surface area contributed by atoms with Crippen LogP contribution in [0, 0.1) is 6.92 Å². The van der Waals surface area contributed by atoms with E-state index in [1.807, 2.05) is 0 Å². The third-order valence-electron chi connectivity index (χ3n) is 3.39. The highest BCUT2D eigenvalue weighted by Crippen LogP contribution is 2.15. The van der Waals surface area contributed by atoms with Gasteiger partial charge in [0.05, 0.1) is 13.1 Å². The van der Waals surface area contributed by atoms with Crippen LogP contribution in [0.1, 0.15) is 5.82 Å². The summed E-state index contributed by atoms with van der Waals surface area (Å²) >= 11 is 0. The Hall–Kier alpha value is -2.95. The van der Waals surface area contributed by atoms with Crippen LogP contribution < -0.4 is 5.32 Å². The van der Waals surface area contributed by atoms with Crippen LogP contribution >= 0.6 is 0 Å². The maximum absolute atomic E-state index is 12.3. The number of carbonyl (C=O) groups is 2. The minimum atomic E-state index is -1.47. The fourth-order valence-corrected chi connectivity index (χ4v) is 2.91. The number of carbonyl (C=O) groups excluding carboxylic acids is 2. The van der Waals surface area contributed by atoms with Gasteiger partial charge in [-0.3, -0.25) is 10.3 Å². The molecule has 130 valence electrons. The van der Waals surface area contributed by atoms with Crippen molar-refractivity contribution < 1.29 is 13.8 Å². The van der Waals surface area contributed by atoms with Crippen molar-refractivity contribution in [3.05, 3.63) is 30.2 Å². The fraction of sp³-hybridized carbons (Fsp3) is 0.286. The molecule has 1 aliphatic heterocycles. The Kier molecular flexibility index (Phi) is 4.65. The lowest BCUT2D eigenvalue weighted by atomic mass is 10.3. The minimum absolute atomic E-state index is 0.0158. The topological polar surface area (TPSA) is 121 Å². The molecule has 0 spiro atoms. The number of anilines is 1. The number of imide groups is 1. The van der Waals surface area contributed by atoms with Crippen LogP contribution in [-0.2, 0) is 11.0 Å². The molecule has 1 unspecified atom stereocenters. The largest absolute Gasteiger partial charge is 0.340 e. The molecule has 2 aromatic rings. The van der Waals surface area contributed by atoms with E-state index in [0.717, 1.165) is 9.21 Å². The van der Waals surface area contributed by atoms with Crippen LogP contribution in [0.25, 0.3) is 11.5 Å². The monoisotopic (exact) mass is 361 g/mol. The van der Waals surface area contributed by atoms with Crippen molar-refractivity contribution >= 4 is 29.0 Å². The Morgan fingerprint density at radius 1 is 1.24 bits per heavy atom. The Labute approximate surface area is 145 Å². The van der Waals surface area contributed by atoms with Gasteiger partial charge in [0.25, 0.3) is 0 Å². The number of hydrogen-bond acceptors (Lipinski definition) is 7. The van der Waals surface area contributed by atoms with Gasteiger partial charge in [0, 0.05) is 12.5 Å². The summed E-state index contributed by atoms with van der Waals surface area (Å²) in [6.45, 7) is 2.01. The van der Waals surface area contributed by atoms with Gasteiger partial charge in [-0.25, -0.2) is 28.0 Å². The Morgan fingerprint density at radius 2 is 2.04 bits per heavy atom. The number of hydrogen-bond donors (Lipinski definition) is 1. The van der Waals surface area contributed by atoms with E-state index in [2.05, 4.69) is 25.3 Å². The number of aryl methyl sites for hydroxylation is 1. The zero-order valence-electron chi connectivity index (χ0n) is 13.5. The third kappa shape index (κ3) is 3.60. The molecule has 0 saturated carbocycles. The van der Waals surface area contributed by atoms with E-state index >= 15 is 0 Å². The van der Waals surface area contributed by atoms with Crippen molar-refractivity contribution in [2.45, 2.75) is 6.92 Å². The van der Waals surface area contributed by atoms with Crippen LogP contribution in [0.5, 0.6) is 0 Å². The molecule has 11 heteroatoms. The summed E-state index contributed by atoms with van der Waals surface area (Å²) in [5, 5.41) is 2.48. The van der Waals surface area contributed by atoms with Crippen LogP contribution in [0.3, 0.4) is 0 Å². The first-order valence-corrected chi connectivity index (χ1v) is 8.85. The van der Waals surface area contributed by atoms with Gasteiger partial charge >= 0.3 is 12.1 Å². The van der Waals surface area contributed by atoms with Gasteiger partial charge in [-0.15, -0.1) is 0 Å². The summed E-state index contributed by atoms with van der Waals surface area (Å²) in [6.07, 6.45) is 2.99. The highest BCUT2D eigenvalue weighted by molar-refractivity contribution is 7.82. The Bertz CT molecular complexity index is 846. The average molecular weight is 361 g/mol. The molecule has 4 amide bonds. The van der Waals surface area contributed by atoms with E-state index < -0.39 is 23.0 Å². The van der Waals surface area contributed by atoms with E-state index in [-0.39, 0.29) is 19.0 Å². The Balaban J connectivity index is 1.79. The molecule has 1 saturated heterocycles. The summed E-state index contributed by atoms with van der Waals surface area (Å²) < 4.78 is 12.6. The molecule has 0 aromatic carbocycles. The maximum Gasteiger partial charge on any atom is 0.340 e.